The zero-order valence-corrected chi connectivity index (χ0v) is 14.1. The Hall–Kier alpha value is -2.22. The molecule has 8 heteroatoms. The van der Waals surface area contributed by atoms with Gasteiger partial charge >= 0.3 is 12.1 Å². The van der Waals surface area contributed by atoms with Crippen LogP contribution in [0.3, 0.4) is 0 Å². The number of nitrogens with zero attached hydrogens (tertiary/aromatic N) is 1. The highest BCUT2D eigenvalue weighted by molar-refractivity contribution is 7.14. The zero-order valence-electron chi connectivity index (χ0n) is 13.3. The van der Waals surface area contributed by atoms with Crippen LogP contribution in [0.4, 0.5) is 9.93 Å². The van der Waals surface area contributed by atoms with Gasteiger partial charge in [-0.05, 0) is 39.3 Å². The summed E-state index contributed by atoms with van der Waals surface area (Å²) in [6, 6.07) is 0. The third-order valence-corrected chi connectivity index (χ3v) is 3.16. The van der Waals surface area contributed by atoms with Gasteiger partial charge in [-0.2, -0.15) is 0 Å². The van der Waals surface area contributed by atoms with Crippen molar-refractivity contribution in [2.24, 2.45) is 0 Å². The molecule has 0 aliphatic rings. The smallest absolute Gasteiger partial charge is 0.413 e. The van der Waals surface area contributed by atoms with E-state index in [1.165, 1.54) is 23.5 Å². The molecule has 0 unspecified atom stereocenters. The Kier molecular flexibility index (Phi) is 6.89. The molecule has 0 aliphatic carbocycles. The van der Waals surface area contributed by atoms with Crippen LogP contribution in [0.5, 0.6) is 0 Å². The number of thiazole rings is 1. The molecule has 23 heavy (non-hydrogen) atoms. The van der Waals surface area contributed by atoms with Crippen molar-refractivity contribution < 1.29 is 24.2 Å². The number of carbonyl (C=O) groups is 3. The van der Waals surface area contributed by atoms with Crippen molar-refractivity contribution in [2.75, 3.05) is 5.32 Å². The number of allylic oxidation sites excluding steroid dienone is 1. The lowest BCUT2D eigenvalue weighted by Gasteiger charge is -2.18. The topological polar surface area (TPSA) is 106 Å². The summed E-state index contributed by atoms with van der Waals surface area (Å²) >= 11 is 1.21. The number of carbonyl (C=O) groups excluding carboxylic acids is 2. The van der Waals surface area contributed by atoms with E-state index in [0.717, 1.165) is 0 Å². The fourth-order valence-electron chi connectivity index (χ4n) is 1.49. The van der Waals surface area contributed by atoms with Gasteiger partial charge in [-0.15, -0.1) is 11.3 Å². The molecular weight excluding hydrogens is 320 g/mol. The van der Waals surface area contributed by atoms with Gasteiger partial charge in [0, 0.05) is 18.2 Å². The van der Waals surface area contributed by atoms with Crippen molar-refractivity contribution in [1.29, 1.82) is 0 Å². The monoisotopic (exact) mass is 340 g/mol. The summed E-state index contributed by atoms with van der Waals surface area (Å²) in [6.45, 7) is 5.29. The minimum Gasteiger partial charge on any atom is -0.481 e. The number of ketones is 1. The van der Waals surface area contributed by atoms with Crippen LogP contribution in [-0.4, -0.2) is 33.5 Å². The van der Waals surface area contributed by atoms with E-state index >= 15 is 0 Å². The van der Waals surface area contributed by atoms with Crippen LogP contribution in [0.25, 0.3) is 6.08 Å². The Balaban J connectivity index is 2.47. The Morgan fingerprint density at radius 2 is 2.04 bits per heavy atom. The quantitative estimate of drug-likeness (QED) is 0.738. The van der Waals surface area contributed by atoms with E-state index in [-0.39, 0.29) is 18.6 Å². The van der Waals surface area contributed by atoms with Gasteiger partial charge in [0.15, 0.2) is 10.9 Å². The van der Waals surface area contributed by atoms with Gasteiger partial charge in [0.1, 0.15) is 5.60 Å². The van der Waals surface area contributed by atoms with Crippen molar-refractivity contribution in [3.05, 3.63) is 17.2 Å². The molecule has 0 fully saturated rings. The highest BCUT2D eigenvalue weighted by Gasteiger charge is 2.17. The normalized spacial score (nSPS) is 11.4. The first kappa shape index (κ1) is 18.8. The first-order chi connectivity index (χ1) is 10.7. The Bertz CT molecular complexity index is 601. The van der Waals surface area contributed by atoms with Gasteiger partial charge < -0.3 is 9.84 Å². The number of ether oxygens (including phenoxy) is 1. The number of aromatic nitrogens is 1. The molecule has 0 atom stereocenters. The van der Waals surface area contributed by atoms with Gasteiger partial charge in [0.2, 0.25) is 0 Å². The summed E-state index contributed by atoms with van der Waals surface area (Å²) in [7, 11) is 0. The number of hydrogen-bond acceptors (Lipinski definition) is 6. The molecule has 0 radical (unpaired) electrons. The van der Waals surface area contributed by atoms with Crippen LogP contribution in [-0.2, 0) is 14.3 Å². The largest absolute Gasteiger partial charge is 0.481 e. The number of carboxylic acid groups (broad SMARTS) is 1. The molecule has 0 saturated carbocycles. The van der Waals surface area contributed by atoms with Crippen molar-refractivity contribution in [1.82, 2.24) is 4.98 Å². The lowest BCUT2D eigenvalue weighted by molar-refractivity contribution is -0.137. The van der Waals surface area contributed by atoms with Crippen LogP contribution in [0, 0.1) is 0 Å². The molecule has 0 saturated heterocycles. The van der Waals surface area contributed by atoms with Gasteiger partial charge in [0.05, 0.1) is 5.69 Å². The maximum absolute atomic E-state index is 11.6. The van der Waals surface area contributed by atoms with Crippen LogP contribution in [0.15, 0.2) is 11.5 Å². The Morgan fingerprint density at radius 1 is 1.35 bits per heavy atom. The second-order valence-electron chi connectivity index (χ2n) is 5.75. The van der Waals surface area contributed by atoms with Gasteiger partial charge in [0.25, 0.3) is 0 Å². The molecule has 0 aliphatic heterocycles. The van der Waals surface area contributed by atoms with E-state index in [0.29, 0.717) is 17.2 Å². The van der Waals surface area contributed by atoms with E-state index in [1.807, 2.05) is 0 Å². The second kappa shape index (κ2) is 8.42. The number of rotatable bonds is 7. The third-order valence-electron chi connectivity index (χ3n) is 2.38. The number of anilines is 1. The first-order valence-corrected chi connectivity index (χ1v) is 7.92. The van der Waals surface area contributed by atoms with E-state index in [9.17, 15) is 14.4 Å². The summed E-state index contributed by atoms with van der Waals surface area (Å²) in [5.74, 6) is -1.08. The number of carboxylic acids is 1. The molecule has 1 heterocycles. The number of amides is 1. The lowest BCUT2D eigenvalue weighted by Crippen LogP contribution is -2.27. The summed E-state index contributed by atoms with van der Waals surface area (Å²) in [5.41, 5.74) is -0.0560. The molecule has 1 rings (SSSR count). The molecule has 0 bridgehead atoms. The molecule has 0 spiro atoms. The minimum atomic E-state index is -0.917. The SMILES string of the molecule is CC(C)(C)OC(=O)Nc1nc(/C=C/C(=O)CCCC(=O)O)cs1. The zero-order chi connectivity index (χ0) is 17.5. The first-order valence-electron chi connectivity index (χ1n) is 7.04. The molecule has 1 amide bonds. The summed E-state index contributed by atoms with van der Waals surface area (Å²) < 4.78 is 5.11. The van der Waals surface area contributed by atoms with Gasteiger partial charge in [-0.3, -0.25) is 14.9 Å². The summed E-state index contributed by atoms with van der Waals surface area (Å²) in [4.78, 5) is 37.6. The lowest BCUT2D eigenvalue weighted by atomic mass is 10.1. The average Bonchev–Trinajstić information content (AvgIpc) is 2.81. The van der Waals surface area contributed by atoms with Crippen molar-refractivity contribution in [3.8, 4) is 0 Å². The standard InChI is InChI=1S/C15H20N2O5S/c1-15(2,3)22-14(21)17-13-16-10(9-23-13)7-8-11(18)5-4-6-12(19)20/h7-9H,4-6H2,1-3H3,(H,19,20)(H,16,17,21)/b8-7+. The molecule has 1 aromatic heterocycles. The number of nitrogens with one attached hydrogen (secondary N) is 1. The minimum absolute atomic E-state index is 0.0275. The van der Waals surface area contributed by atoms with Crippen molar-refractivity contribution in [2.45, 2.75) is 45.6 Å². The average molecular weight is 340 g/mol. The van der Waals surface area contributed by atoms with E-state index < -0.39 is 17.7 Å². The maximum atomic E-state index is 11.6. The highest BCUT2D eigenvalue weighted by Crippen LogP contribution is 2.18. The maximum Gasteiger partial charge on any atom is 0.413 e. The van der Waals surface area contributed by atoms with E-state index in [2.05, 4.69) is 10.3 Å². The predicted octanol–water partition coefficient (Wildman–Crippen LogP) is 3.33. The van der Waals surface area contributed by atoms with Crippen LogP contribution >= 0.6 is 11.3 Å². The number of aliphatic carboxylic acids is 1. The molecule has 7 nitrogen and oxygen atoms in total. The Labute approximate surface area is 138 Å². The van der Waals surface area contributed by atoms with Crippen LogP contribution in [0.2, 0.25) is 0 Å². The molecule has 1 aromatic rings. The summed E-state index contributed by atoms with van der Waals surface area (Å²) in [6.07, 6.45) is 2.75. The predicted molar refractivity (Wildman–Crippen MR) is 87.5 cm³/mol. The highest BCUT2D eigenvalue weighted by atomic mass is 32.1. The second-order valence-corrected chi connectivity index (χ2v) is 6.61. The third kappa shape index (κ3) is 8.72. The molecule has 0 aromatic carbocycles. The van der Waals surface area contributed by atoms with Crippen LogP contribution in [0.1, 0.15) is 45.7 Å². The van der Waals surface area contributed by atoms with Crippen molar-refractivity contribution >= 4 is 40.4 Å². The van der Waals surface area contributed by atoms with Crippen molar-refractivity contribution in [3.63, 3.8) is 0 Å². The number of hydrogen-bond donors (Lipinski definition) is 2. The fraction of sp³-hybridized carbons (Fsp3) is 0.467. The molecule has 126 valence electrons. The Morgan fingerprint density at radius 3 is 2.65 bits per heavy atom. The summed E-state index contributed by atoms with van der Waals surface area (Å²) in [5, 5.41) is 13.1. The van der Waals surface area contributed by atoms with E-state index in [4.69, 9.17) is 9.84 Å². The van der Waals surface area contributed by atoms with Gasteiger partial charge in [-0.25, -0.2) is 9.78 Å². The molecular formula is C15H20N2O5S. The fourth-order valence-corrected chi connectivity index (χ4v) is 2.15. The van der Waals surface area contributed by atoms with Gasteiger partial charge in [-0.1, -0.05) is 0 Å². The van der Waals surface area contributed by atoms with E-state index in [1.54, 1.807) is 26.2 Å². The molecule has 2 N–H and O–H groups in total. The van der Waals surface area contributed by atoms with Crippen LogP contribution < -0.4 is 5.32 Å².